The smallest absolute Gasteiger partial charge is 0.244 e. The summed E-state index contributed by atoms with van der Waals surface area (Å²) in [4.78, 5) is 28.9. The number of hydrogen-bond acceptors (Lipinski definition) is 3. The Morgan fingerprint density at radius 3 is 2.75 bits per heavy atom. The van der Waals surface area contributed by atoms with E-state index < -0.39 is 17.5 Å². The molecule has 2 aromatic heterocycles. The average Bonchev–Trinajstić information content (AvgIpc) is 2.66. The lowest BCUT2D eigenvalue weighted by atomic mass is 10.1. The fourth-order valence-corrected chi connectivity index (χ4v) is 3.27. The Hall–Kier alpha value is -3.61. The van der Waals surface area contributed by atoms with Gasteiger partial charge in [0.2, 0.25) is 5.91 Å². The quantitative estimate of drug-likeness (QED) is 0.589. The van der Waals surface area contributed by atoms with Gasteiger partial charge in [-0.3, -0.25) is 14.6 Å². The van der Waals surface area contributed by atoms with Gasteiger partial charge in [-0.1, -0.05) is 6.07 Å². The van der Waals surface area contributed by atoms with E-state index in [0.717, 1.165) is 0 Å². The molecule has 1 N–H and O–H groups in total. The van der Waals surface area contributed by atoms with Crippen LogP contribution in [-0.2, 0) is 11.3 Å². The van der Waals surface area contributed by atoms with Gasteiger partial charge in [-0.15, -0.1) is 0 Å². The van der Waals surface area contributed by atoms with Crippen molar-refractivity contribution in [2.24, 2.45) is 0 Å². The Morgan fingerprint density at radius 1 is 1.11 bits per heavy atom. The van der Waals surface area contributed by atoms with E-state index in [-0.39, 0.29) is 22.9 Å². The Bertz CT molecular complexity index is 1300. The first-order chi connectivity index (χ1) is 13.4. The topological polar surface area (TPSA) is 64.0 Å². The average molecular weight is 379 g/mol. The number of halogens is 2. The summed E-state index contributed by atoms with van der Waals surface area (Å²) in [5, 5.41) is 3.38. The number of nitrogens with zero attached hydrogens (tertiary/aromatic N) is 2. The van der Waals surface area contributed by atoms with Crippen molar-refractivity contribution in [2.45, 2.75) is 13.5 Å². The van der Waals surface area contributed by atoms with Crippen LogP contribution in [0.3, 0.4) is 0 Å². The Labute approximate surface area is 158 Å². The lowest BCUT2D eigenvalue weighted by Gasteiger charge is -2.15. The van der Waals surface area contributed by atoms with Gasteiger partial charge < -0.3 is 9.88 Å². The van der Waals surface area contributed by atoms with Crippen LogP contribution in [0.2, 0.25) is 0 Å². The molecular weight excluding hydrogens is 364 g/mol. The van der Waals surface area contributed by atoms with Crippen LogP contribution in [0.5, 0.6) is 0 Å². The lowest BCUT2D eigenvalue weighted by molar-refractivity contribution is -0.116. The molecule has 0 radical (unpaired) electrons. The molecule has 2 heterocycles. The van der Waals surface area contributed by atoms with Crippen molar-refractivity contribution in [2.75, 3.05) is 5.32 Å². The zero-order valence-electron chi connectivity index (χ0n) is 14.9. The van der Waals surface area contributed by atoms with E-state index in [2.05, 4.69) is 10.3 Å². The molecular formula is C21H15F2N3O2. The maximum atomic E-state index is 14.4. The first-order valence-corrected chi connectivity index (χ1v) is 8.57. The zero-order valence-corrected chi connectivity index (χ0v) is 14.9. The fourth-order valence-electron chi connectivity index (χ4n) is 3.27. The van der Waals surface area contributed by atoms with Gasteiger partial charge in [-0.25, -0.2) is 8.78 Å². The molecule has 140 valence electrons. The van der Waals surface area contributed by atoms with Crippen molar-refractivity contribution in [3.05, 3.63) is 82.3 Å². The lowest BCUT2D eigenvalue weighted by Crippen LogP contribution is -2.23. The largest absolute Gasteiger partial charge is 0.333 e. The molecule has 0 aliphatic rings. The SMILES string of the molecule is Cc1cc(=O)c2cccc(F)c2n1CC(=O)Nc1ccnc2ccc(F)cc12. The number of carbonyl (C=O) groups excluding carboxylic acids is 1. The second-order valence-electron chi connectivity index (χ2n) is 6.44. The summed E-state index contributed by atoms with van der Waals surface area (Å²) in [5.41, 5.74) is 1.17. The van der Waals surface area contributed by atoms with Crippen LogP contribution < -0.4 is 10.7 Å². The van der Waals surface area contributed by atoms with E-state index in [1.54, 1.807) is 13.0 Å². The van der Waals surface area contributed by atoms with Gasteiger partial charge in [0.1, 0.15) is 18.2 Å². The Morgan fingerprint density at radius 2 is 1.93 bits per heavy atom. The van der Waals surface area contributed by atoms with Gasteiger partial charge in [0.15, 0.2) is 5.43 Å². The number of pyridine rings is 2. The highest BCUT2D eigenvalue weighted by molar-refractivity contribution is 6.01. The molecule has 2 aromatic carbocycles. The molecule has 1 amide bonds. The third-order valence-corrected chi connectivity index (χ3v) is 4.57. The van der Waals surface area contributed by atoms with Crippen LogP contribution in [0.15, 0.2) is 59.5 Å². The summed E-state index contributed by atoms with van der Waals surface area (Å²) >= 11 is 0. The van der Waals surface area contributed by atoms with Crippen molar-refractivity contribution in [1.29, 1.82) is 0 Å². The molecule has 28 heavy (non-hydrogen) atoms. The van der Waals surface area contributed by atoms with Gasteiger partial charge in [0.05, 0.1) is 16.7 Å². The Kier molecular flexibility index (Phi) is 4.35. The molecule has 0 atom stereocenters. The fraction of sp³-hybridized carbons (Fsp3) is 0.0952. The van der Waals surface area contributed by atoms with E-state index >= 15 is 0 Å². The first kappa shape index (κ1) is 17.8. The zero-order chi connectivity index (χ0) is 19.8. The molecule has 5 nitrogen and oxygen atoms in total. The number of rotatable bonds is 3. The number of aromatic nitrogens is 2. The highest BCUT2D eigenvalue weighted by Crippen LogP contribution is 2.23. The minimum atomic E-state index is -0.581. The van der Waals surface area contributed by atoms with Crippen LogP contribution in [0.1, 0.15) is 5.69 Å². The van der Waals surface area contributed by atoms with Gasteiger partial charge in [0, 0.05) is 28.7 Å². The van der Waals surface area contributed by atoms with Crippen LogP contribution in [0.4, 0.5) is 14.5 Å². The number of benzene rings is 2. The first-order valence-electron chi connectivity index (χ1n) is 8.57. The van der Waals surface area contributed by atoms with Crippen molar-refractivity contribution in [3.8, 4) is 0 Å². The summed E-state index contributed by atoms with van der Waals surface area (Å²) in [6.07, 6.45) is 1.51. The molecule has 4 rings (SSSR count). The molecule has 0 saturated carbocycles. The van der Waals surface area contributed by atoms with Gasteiger partial charge in [-0.2, -0.15) is 0 Å². The van der Waals surface area contributed by atoms with Crippen molar-refractivity contribution < 1.29 is 13.6 Å². The van der Waals surface area contributed by atoms with Crippen molar-refractivity contribution in [1.82, 2.24) is 9.55 Å². The minimum absolute atomic E-state index is 0.0771. The summed E-state index contributed by atoms with van der Waals surface area (Å²) < 4.78 is 29.4. The highest BCUT2D eigenvalue weighted by atomic mass is 19.1. The third kappa shape index (κ3) is 3.11. The molecule has 0 aliphatic heterocycles. The molecule has 0 spiro atoms. The standard InChI is InChI=1S/C21H15F2N3O2/c1-12-9-19(27)14-3-2-4-16(23)21(14)26(12)11-20(28)25-18-7-8-24-17-6-5-13(22)10-15(17)18/h2-10H,11H2,1H3,(H,24,25,28). The molecule has 0 saturated heterocycles. The van der Waals surface area contributed by atoms with Crippen molar-refractivity contribution in [3.63, 3.8) is 0 Å². The number of amides is 1. The number of aryl methyl sites for hydroxylation is 1. The third-order valence-electron chi connectivity index (χ3n) is 4.57. The van der Waals surface area contributed by atoms with E-state index in [4.69, 9.17) is 0 Å². The molecule has 7 heteroatoms. The predicted molar refractivity (Wildman–Crippen MR) is 103 cm³/mol. The van der Waals surface area contributed by atoms with E-state index in [1.807, 2.05) is 0 Å². The Balaban J connectivity index is 1.73. The number of para-hydroxylation sites is 1. The molecule has 0 fully saturated rings. The maximum Gasteiger partial charge on any atom is 0.244 e. The summed E-state index contributed by atoms with van der Waals surface area (Å²) in [6.45, 7) is 1.43. The summed E-state index contributed by atoms with van der Waals surface area (Å²) in [6, 6.07) is 11.3. The van der Waals surface area contributed by atoms with Gasteiger partial charge in [-0.05, 0) is 43.3 Å². The summed E-state index contributed by atoms with van der Waals surface area (Å²) in [5.74, 6) is -1.46. The predicted octanol–water partition coefficient (Wildman–Crippen LogP) is 3.78. The van der Waals surface area contributed by atoms with E-state index in [0.29, 0.717) is 22.3 Å². The number of fused-ring (bicyclic) bond motifs is 2. The van der Waals surface area contributed by atoms with Crippen molar-refractivity contribution >= 4 is 33.4 Å². The highest BCUT2D eigenvalue weighted by Gasteiger charge is 2.14. The number of carbonyl (C=O) groups is 1. The van der Waals surface area contributed by atoms with Crippen LogP contribution in [-0.4, -0.2) is 15.5 Å². The van der Waals surface area contributed by atoms with Crippen LogP contribution in [0, 0.1) is 18.6 Å². The maximum absolute atomic E-state index is 14.4. The van der Waals surface area contributed by atoms with Crippen LogP contribution >= 0.6 is 0 Å². The second-order valence-corrected chi connectivity index (χ2v) is 6.44. The molecule has 0 bridgehead atoms. The normalized spacial score (nSPS) is 11.1. The molecule has 4 aromatic rings. The molecule has 0 unspecified atom stereocenters. The number of anilines is 1. The summed E-state index contributed by atoms with van der Waals surface area (Å²) in [7, 11) is 0. The second kappa shape index (κ2) is 6.84. The monoisotopic (exact) mass is 379 g/mol. The van der Waals surface area contributed by atoms with Gasteiger partial charge >= 0.3 is 0 Å². The minimum Gasteiger partial charge on any atom is -0.333 e. The van der Waals surface area contributed by atoms with E-state index in [1.165, 1.54) is 53.2 Å². The molecule has 0 aliphatic carbocycles. The van der Waals surface area contributed by atoms with E-state index in [9.17, 15) is 18.4 Å². The van der Waals surface area contributed by atoms with Gasteiger partial charge in [0.25, 0.3) is 0 Å². The van der Waals surface area contributed by atoms with Crippen LogP contribution in [0.25, 0.3) is 21.8 Å². The number of nitrogens with one attached hydrogen (secondary N) is 1. The number of hydrogen-bond donors (Lipinski definition) is 1.